The van der Waals surface area contributed by atoms with Gasteiger partial charge in [0.2, 0.25) is 0 Å². The third kappa shape index (κ3) is 3.70. The highest BCUT2D eigenvalue weighted by Gasteiger charge is 2.13. The number of nitrogens with zero attached hydrogens (tertiary/aromatic N) is 1. The fraction of sp³-hybridized carbons (Fsp3) is 0.538. The van der Waals surface area contributed by atoms with E-state index >= 15 is 0 Å². The number of carboxylic acids is 1. The van der Waals surface area contributed by atoms with Crippen molar-refractivity contribution >= 4 is 11.7 Å². The van der Waals surface area contributed by atoms with E-state index in [2.05, 4.69) is 10.3 Å². The predicted octanol–water partition coefficient (Wildman–Crippen LogP) is 2.15. The molecule has 1 aliphatic heterocycles. The second kappa shape index (κ2) is 6.35. The van der Waals surface area contributed by atoms with Crippen LogP contribution in [-0.4, -0.2) is 35.3 Å². The first kappa shape index (κ1) is 12.8. The van der Waals surface area contributed by atoms with Crippen molar-refractivity contribution in [2.45, 2.75) is 31.8 Å². The molecular formula is C13H18N2O3. The molecule has 1 fully saturated rings. The molecule has 0 saturated carbocycles. The van der Waals surface area contributed by atoms with E-state index in [4.69, 9.17) is 9.84 Å². The summed E-state index contributed by atoms with van der Waals surface area (Å²) in [5.74, 6) is -1.01. The van der Waals surface area contributed by atoms with Crippen molar-refractivity contribution in [3.63, 3.8) is 0 Å². The molecule has 0 aromatic carbocycles. The molecule has 1 atom stereocenters. The van der Waals surface area contributed by atoms with Gasteiger partial charge in [0.25, 0.3) is 0 Å². The molecule has 1 aromatic heterocycles. The molecule has 2 rings (SSSR count). The van der Waals surface area contributed by atoms with Gasteiger partial charge >= 0.3 is 5.97 Å². The number of pyridine rings is 1. The van der Waals surface area contributed by atoms with Crippen LogP contribution in [0.2, 0.25) is 0 Å². The number of aromatic carboxylic acids is 1. The quantitative estimate of drug-likeness (QED) is 0.837. The van der Waals surface area contributed by atoms with E-state index in [1.807, 2.05) is 0 Å². The first-order chi connectivity index (χ1) is 8.75. The summed E-state index contributed by atoms with van der Waals surface area (Å²) in [6.45, 7) is 1.65. The van der Waals surface area contributed by atoms with Crippen LogP contribution in [0.3, 0.4) is 0 Å². The molecule has 18 heavy (non-hydrogen) atoms. The first-order valence-corrected chi connectivity index (χ1v) is 6.30. The minimum absolute atomic E-state index is 0.0638. The number of anilines is 1. The van der Waals surface area contributed by atoms with Gasteiger partial charge in [-0.25, -0.2) is 9.78 Å². The lowest BCUT2D eigenvalue weighted by atomic mass is 10.1. The summed E-state index contributed by atoms with van der Waals surface area (Å²) in [5, 5.41) is 12.0. The molecule has 5 heteroatoms. The molecule has 5 nitrogen and oxygen atoms in total. The van der Waals surface area contributed by atoms with Crippen molar-refractivity contribution < 1.29 is 14.6 Å². The molecule has 0 spiro atoms. The van der Waals surface area contributed by atoms with Gasteiger partial charge in [-0.1, -0.05) is 0 Å². The molecule has 1 saturated heterocycles. The van der Waals surface area contributed by atoms with Crippen molar-refractivity contribution in [1.82, 2.24) is 4.98 Å². The van der Waals surface area contributed by atoms with Crippen molar-refractivity contribution in [3.05, 3.63) is 24.0 Å². The Morgan fingerprint density at radius 1 is 1.56 bits per heavy atom. The van der Waals surface area contributed by atoms with Crippen LogP contribution in [0, 0.1) is 0 Å². The monoisotopic (exact) mass is 250 g/mol. The van der Waals surface area contributed by atoms with Crippen LogP contribution in [0.4, 0.5) is 5.69 Å². The fourth-order valence-corrected chi connectivity index (χ4v) is 2.07. The number of rotatable bonds is 5. The second-order valence-corrected chi connectivity index (χ2v) is 4.44. The lowest BCUT2D eigenvalue weighted by Crippen LogP contribution is -2.22. The summed E-state index contributed by atoms with van der Waals surface area (Å²) in [7, 11) is 0. The van der Waals surface area contributed by atoms with Crippen LogP contribution in [0.5, 0.6) is 0 Å². The maximum atomic E-state index is 10.8. The largest absolute Gasteiger partial charge is 0.477 e. The van der Waals surface area contributed by atoms with Crippen LogP contribution in [0.1, 0.15) is 36.2 Å². The SMILES string of the molecule is O=C(O)c1cc(NCCC2CCCCO2)ccn1. The van der Waals surface area contributed by atoms with E-state index in [9.17, 15) is 4.79 Å². The first-order valence-electron chi connectivity index (χ1n) is 6.30. The molecule has 0 bridgehead atoms. The topological polar surface area (TPSA) is 71.5 Å². The number of hydrogen-bond donors (Lipinski definition) is 2. The normalized spacial score (nSPS) is 19.4. The van der Waals surface area contributed by atoms with Gasteiger partial charge in [-0.2, -0.15) is 0 Å². The Kier molecular flexibility index (Phi) is 4.52. The lowest BCUT2D eigenvalue weighted by molar-refractivity contribution is 0.0134. The van der Waals surface area contributed by atoms with Crippen LogP contribution < -0.4 is 5.32 Å². The van der Waals surface area contributed by atoms with Gasteiger partial charge in [0.1, 0.15) is 5.69 Å². The number of aromatic nitrogens is 1. The van der Waals surface area contributed by atoms with Gasteiger partial charge in [-0.05, 0) is 37.8 Å². The zero-order valence-corrected chi connectivity index (χ0v) is 10.3. The summed E-state index contributed by atoms with van der Waals surface area (Å²) in [6, 6.07) is 3.32. The number of carbonyl (C=O) groups is 1. The Hall–Kier alpha value is -1.62. The minimum Gasteiger partial charge on any atom is -0.477 e. The Morgan fingerprint density at radius 2 is 2.44 bits per heavy atom. The zero-order chi connectivity index (χ0) is 12.8. The van der Waals surface area contributed by atoms with E-state index < -0.39 is 5.97 Å². The van der Waals surface area contributed by atoms with Crippen LogP contribution >= 0.6 is 0 Å². The minimum atomic E-state index is -1.01. The van der Waals surface area contributed by atoms with E-state index in [1.165, 1.54) is 12.6 Å². The summed E-state index contributed by atoms with van der Waals surface area (Å²) >= 11 is 0. The molecule has 1 aliphatic rings. The Bertz CT molecular complexity index is 403. The van der Waals surface area contributed by atoms with E-state index in [-0.39, 0.29) is 5.69 Å². The lowest BCUT2D eigenvalue weighted by Gasteiger charge is -2.22. The highest BCUT2D eigenvalue weighted by Crippen LogP contribution is 2.16. The molecule has 1 aromatic rings. The molecule has 0 aliphatic carbocycles. The highest BCUT2D eigenvalue weighted by atomic mass is 16.5. The Labute approximate surface area is 106 Å². The van der Waals surface area contributed by atoms with E-state index in [1.54, 1.807) is 12.1 Å². The predicted molar refractivity (Wildman–Crippen MR) is 67.9 cm³/mol. The van der Waals surface area contributed by atoms with Crippen LogP contribution in [-0.2, 0) is 4.74 Å². The number of nitrogens with one attached hydrogen (secondary N) is 1. The smallest absolute Gasteiger partial charge is 0.354 e. The molecular weight excluding hydrogens is 232 g/mol. The fourth-order valence-electron chi connectivity index (χ4n) is 2.07. The zero-order valence-electron chi connectivity index (χ0n) is 10.3. The van der Waals surface area contributed by atoms with Crippen molar-refractivity contribution in [2.75, 3.05) is 18.5 Å². The van der Waals surface area contributed by atoms with Gasteiger partial charge in [-0.3, -0.25) is 0 Å². The molecule has 0 radical (unpaired) electrons. The number of ether oxygens (including phenoxy) is 1. The van der Waals surface area contributed by atoms with Gasteiger partial charge in [-0.15, -0.1) is 0 Å². The summed E-state index contributed by atoms with van der Waals surface area (Å²) in [5.41, 5.74) is 0.854. The maximum Gasteiger partial charge on any atom is 0.354 e. The highest BCUT2D eigenvalue weighted by molar-refractivity contribution is 5.86. The van der Waals surface area contributed by atoms with Crippen molar-refractivity contribution in [3.8, 4) is 0 Å². The average molecular weight is 250 g/mol. The van der Waals surface area contributed by atoms with Crippen LogP contribution in [0.15, 0.2) is 18.3 Å². The Morgan fingerprint density at radius 3 is 3.17 bits per heavy atom. The second-order valence-electron chi connectivity index (χ2n) is 4.44. The molecule has 98 valence electrons. The van der Waals surface area contributed by atoms with Crippen LogP contribution in [0.25, 0.3) is 0 Å². The number of carboxylic acid groups (broad SMARTS) is 1. The van der Waals surface area contributed by atoms with Gasteiger partial charge in [0, 0.05) is 25.0 Å². The summed E-state index contributed by atoms with van der Waals surface area (Å²) in [6.07, 6.45) is 6.32. The standard InChI is InChI=1S/C13H18N2O3/c16-13(17)12-9-10(4-6-15-12)14-7-5-11-3-1-2-8-18-11/h4,6,9,11H,1-3,5,7-8H2,(H,14,15)(H,16,17). The number of hydrogen-bond acceptors (Lipinski definition) is 4. The van der Waals surface area contributed by atoms with E-state index in [0.29, 0.717) is 6.10 Å². The Balaban J connectivity index is 1.78. The third-order valence-corrected chi connectivity index (χ3v) is 3.05. The molecule has 1 unspecified atom stereocenters. The molecule has 0 amide bonds. The van der Waals surface area contributed by atoms with Crippen molar-refractivity contribution in [2.24, 2.45) is 0 Å². The van der Waals surface area contributed by atoms with Gasteiger partial charge in [0.15, 0.2) is 0 Å². The average Bonchev–Trinajstić information content (AvgIpc) is 2.40. The summed E-state index contributed by atoms with van der Waals surface area (Å²) in [4.78, 5) is 14.5. The van der Waals surface area contributed by atoms with E-state index in [0.717, 1.165) is 38.1 Å². The van der Waals surface area contributed by atoms with Gasteiger partial charge in [0.05, 0.1) is 6.10 Å². The summed E-state index contributed by atoms with van der Waals surface area (Å²) < 4.78 is 5.63. The third-order valence-electron chi connectivity index (χ3n) is 3.05. The molecule has 2 heterocycles. The van der Waals surface area contributed by atoms with Gasteiger partial charge < -0.3 is 15.2 Å². The van der Waals surface area contributed by atoms with Crippen molar-refractivity contribution in [1.29, 1.82) is 0 Å². The maximum absolute atomic E-state index is 10.8. The molecule has 2 N–H and O–H groups in total.